The number of hydrogen-bond donors (Lipinski definition) is 2. The van der Waals surface area contributed by atoms with Crippen LogP contribution < -0.4 is 29.6 Å². The summed E-state index contributed by atoms with van der Waals surface area (Å²) in [7, 11) is 8.11. The highest BCUT2D eigenvalue weighted by molar-refractivity contribution is 14.0. The van der Waals surface area contributed by atoms with Gasteiger partial charge in [0.1, 0.15) is 6.61 Å². The summed E-state index contributed by atoms with van der Waals surface area (Å²) in [5.41, 5.74) is 1.88. The molecule has 31 heavy (non-hydrogen) atoms. The van der Waals surface area contributed by atoms with Gasteiger partial charge < -0.3 is 34.3 Å². The molecular weight excluding hydrogens is 515 g/mol. The van der Waals surface area contributed by atoms with E-state index >= 15 is 0 Å². The van der Waals surface area contributed by atoms with Crippen molar-refractivity contribution in [1.29, 1.82) is 0 Å². The number of guanidine groups is 1. The minimum absolute atomic E-state index is 0. The molecule has 1 aromatic heterocycles. The van der Waals surface area contributed by atoms with E-state index in [-0.39, 0.29) is 24.0 Å². The molecule has 0 aliphatic heterocycles. The van der Waals surface area contributed by atoms with Crippen molar-refractivity contribution < 1.29 is 23.7 Å². The summed E-state index contributed by atoms with van der Waals surface area (Å²) in [5.74, 6) is 2.97. The summed E-state index contributed by atoms with van der Waals surface area (Å²) in [6.07, 6.45) is 1.70. The second-order valence-corrected chi connectivity index (χ2v) is 6.12. The van der Waals surface area contributed by atoms with Gasteiger partial charge in [0.2, 0.25) is 11.6 Å². The topological polar surface area (TPSA) is 95.5 Å². The smallest absolute Gasteiger partial charge is 0.218 e. The van der Waals surface area contributed by atoms with Gasteiger partial charge in [0.05, 0.1) is 27.9 Å². The quantitative estimate of drug-likeness (QED) is 0.192. The lowest BCUT2D eigenvalue weighted by Gasteiger charge is -2.16. The summed E-state index contributed by atoms with van der Waals surface area (Å²) < 4.78 is 26.9. The summed E-state index contributed by atoms with van der Waals surface area (Å²) in [6.45, 7) is 1.96. The van der Waals surface area contributed by atoms with Crippen molar-refractivity contribution in [2.75, 3.05) is 48.7 Å². The van der Waals surface area contributed by atoms with Crippen LogP contribution in [-0.4, -0.2) is 59.6 Å². The van der Waals surface area contributed by atoms with Crippen LogP contribution in [0.5, 0.6) is 23.1 Å². The van der Waals surface area contributed by atoms with Crippen LogP contribution in [-0.2, 0) is 17.8 Å². The fraction of sp³-hybridized carbons (Fsp3) is 0.429. The zero-order valence-electron chi connectivity index (χ0n) is 18.6. The van der Waals surface area contributed by atoms with Crippen molar-refractivity contribution in [3.05, 3.63) is 41.6 Å². The molecule has 10 heteroatoms. The number of benzene rings is 1. The molecular formula is C21H31IN4O5. The van der Waals surface area contributed by atoms with Crippen LogP contribution in [0.15, 0.2) is 35.5 Å². The molecule has 0 spiro atoms. The van der Waals surface area contributed by atoms with Gasteiger partial charge in [-0.1, -0.05) is 6.07 Å². The van der Waals surface area contributed by atoms with Crippen molar-refractivity contribution in [3.63, 3.8) is 0 Å². The maximum absolute atomic E-state index is 5.67. The Morgan fingerprint density at radius 3 is 2.23 bits per heavy atom. The van der Waals surface area contributed by atoms with Crippen molar-refractivity contribution in [3.8, 4) is 23.1 Å². The number of pyridine rings is 1. The Morgan fingerprint density at radius 1 is 0.968 bits per heavy atom. The van der Waals surface area contributed by atoms with E-state index in [1.54, 1.807) is 41.7 Å². The largest absolute Gasteiger partial charge is 0.493 e. The second-order valence-electron chi connectivity index (χ2n) is 6.12. The molecule has 0 unspecified atom stereocenters. The Morgan fingerprint density at radius 2 is 1.65 bits per heavy atom. The van der Waals surface area contributed by atoms with Gasteiger partial charge in [-0.3, -0.25) is 4.99 Å². The zero-order valence-corrected chi connectivity index (χ0v) is 20.9. The zero-order chi connectivity index (χ0) is 21.8. The predicted molar refractivity (Wildman–Crippen MR) is 130 cm³/mol. The van der Waals surface area contributed by atoms with Crippen LogP contribution in [0.3, 0.4) is 0 Å². The normalized spacial score (nSPS) is 10.7. The number of halogens is 1. The van der Waals surface area contributed by atoms with Crippen LogP contribution >= 0.6 is 24.0 Å². The first-order valence-electron chi connectivity index (χ1n) is 9.45. The third-order valence-electron chi connectivity index (χ3n) is 4.23. The van der Waals surface area contributed by atoms with Gasteiger partial charge in [-0.05, 0) is 23.8 Å². The lowest BCUT2D eigenvalue weighted by atomic mass is 10.2. The van der Waals surface area contributed by atoms with E-state index in [4.69, 9.17) is 23.7 Å². The Hall–Kier alpha value is -2.47. The molecule has 0 radical (unpaired) electrons. The molecule has 2 rings (SSSR count). The molecule has 0 amide bonds. The molecule has 0 bridgehead atoms. The Labute approximate surface area is 200 Å². The monoisotopic (exact) mass is 546 g/mol. The molecule has 0 aliphatic carbocycles. The first kappa shape index (κ1) is 26.6. The highest BCUT2D eigenvalue weighted by Crippen LogP contribution is 2.38. The number of aromatic nitrogens is 1. The lowest BCUT2D eigenvalue weighted by molar-refractivity contribution is 0.143. The van der Waals surface area contributed by atoms with Gasteiger partial charge >= 0.3 is 0 Å². The van der Waals surface area contributed by atoms with E-state index in [0.29, 0.717) is 55.4 Å². The van der Waals surface area contributed by atoms with Crippen LogP contribution in [0.4, 0.5) is 0 Å². The van der Waals surface area contributed by atoms with Gasteiger partial charge in [0, 0.05) is 39.0 Å². The maximum atomic E-state index is 5.67. The molecule has 1 aromatic carbocycles. The Balaban J connectivity index is 0.00000480. The number of nitrogens with zero attached hydrogens (tertiary/aromatic N) is 2. The van der Waals surface area contributed by atoms with E-state index in [1.165, 1.54) is 0 Å². The molecule has 0 atom stereocenters. The number of aliphatic imine (C=N–C) groups is 1. The summed E-state index contributed by atoms with van der Waals surface area (Å²) in [5, 5.41) is 6.54. The van der Waals surface area contributed by atoms with Crippen LogP contribution in [0.2, 0.25) is 0 Å². The highest BCUT2D eigenvalue weighted by Gasteiger charge is 2.13. The van der Waals surface area contributed by atoms with Gasteiger partial charge in [0.25, 0.3) is 0 Å². The first-order valence-corrected chi connectivity index (χ1v) is 9.45. The highest BCUT2D eigenvalue weighted by atomic mass is 127. The standard InChI is InChI=1S/C21H30N4O5.HI/c1-22-21(25-14-16-7-6-8-23-20(16)30-10-9-26-2)24-13-15-11-17(27-3)19(29-5)18(12-15)28-4;/h6-8,11-12H,9-10,13-14H2,1-5H3,(H2,22,24,25);1H. The number of ether oxygens (including phenoxy) is 5. The van der Waals surface area contributed by atoms with Gasteiger partial charge in [-0.2, -0.15) is 0 Å². The third-order valence-corrected chi connectivity index (χ3v) is 4.23. The molecule has 9 nitrogen and oxygen atoms in total. The maximum Gasteiger partial charge on any atom is 0.218 e. The van der Waals surface area contributed by atoms with E-state index in [2.05, 4.69) is 20.6 Å². The molecule has 2 aromatic rings. The SMILES string of the molecule is CN=C(NCc1cc(OC)c(OC)c(OC)c1)NCc1cccnc1OCCOC.I. The number of hydrogen-bond acceptors (Lipinski definition) is 7. The van der Waals surface area contributed by atoms with Crippen molar-refractivity contribution >= 4 is 29.9 Å². The average Bonchev–Trinajstić information content (AvgIpc) is 2.79. The molecule has 1 heterocycles. The fourth-order valence-corrected chi connectivity index (χ4v) is 2.73. The van der Waals surface area contributed by atoms with Crippen LogP contribution in [0.1, 0.15) is 11.1 Å². The average molecular weight is 546 g/mol. The van der Waals surface area contributed by atoms with E-state index < -0.39 is 0 Å². The summed E-state index contributed by atoms with van der Waals surface area (Å²) in [6, 6.07) is 7.61. The van der Waals surface area contributed by atoms with E-state index in [9.17, 15) is 0 Å². The third kappa shape index (κ3) is 7.94. The fourth-order valence-electron chi connectivity index (χ4n) is 2.73. The minimum Gasteiger partial charge on any atom is -0.493 e. The lowest BCUT2D eigenvalue weighted by Crippen LogP contribution is -2.36. The van der Waals surface area contributed by atoms with Gasteiger partial charge in [0.15, 0.2) is 17.5 Å². The Bertz CT molecular complexity index is 810. The van der Waals surface area contributed by atoms with Crippen molar-refractivity contribution in [2.24, 2.45) is 4.99 Å². The molecule has 0 fully saturated rings. The van der Waals surface area contributed by atoms with Crippen molar-refractivity contribution in [2.45, 2.75) is 13.1 Å². The minimum atomic E-state index is 0. The molecule has 0 saturated heterocycles. The van der Waals surface area contributed by atoms with E-state index in [0.717, 1.165) is 11.1 Å². The molecule has 2 N–H and O–H groups in total. The molecule has 0 saturated carbocycles. The number of nitrogens with one attached hydrogen (secondary N) is 2. The van der Waals surface area contributed by atoms with Crippen LogP contribution in [0, 0.1) is 0 Å². The molecule has 172 valence electrons. The first-order chi connectivity index (χ1) is 14.7. The predicted octanol–water partition coefficient (Wildman–Crippen LogP) is 2.62. The summed E-state index contributed by atoms with van der Waals surface area (Å²) in [4.78, 5) is 8.55. The second kappa shape index (κ2) is 14.5. The van der Waals surface area contributed by atoms with Crippen LogP contribution in [0.25, 0.3) is 0 Å². The number of rotatable bonds is 11. The Kier molecular flexibility index (Phi) is 12.4. The number of methoxy groups -OCH3 is 4. The van der Waals surface area contributed by atoms with Gasteiger partial charge in [-0.15, -0.1) is 24.0 Å². The van der Waals surface area contributed by atoms with Crippen molar-refractivity contribution in [1.82, 2.24) is 15.6 Å². The van der Waals surface area contributed by atoms with Gasteiger partial charge in [-0.25, -0.2) is 4.98 Å². The van der Waals surface area contributed by atoms with E-state index in [1.807, 2.05) is 24.3 Å². The summed E-state index contributed by atoms with van der Waals surface area (Å²) >= 11 is 0. The molecule has 0 aliphatic rings.